The number of nitrogens with one attached hydrogen (secondary N) is 1. The van der Waals surface area contributed by atoms with Crippen LogP contribution >= 0.6 is 11.8 Å². The van der Waals surface area contributed by atoms with E-state index in [2.05, 4.69) is 46.8 Å². The molecule has 1 aromatic carbocycles. The topological polar surface area (TPSA) is 138 Å². The molecule has 2 aromatic heterocycles. The summed E-state index contributed by atoms with van der Waals surface area (Å²) in [7, 11) is 0. The van der Waals surface area contributed by atoms with E-state index in [1.54, 1.807) is 16.4 Å². The highest BCUT2D eigenvalue weighted by atomic mass is 32.2. The highest BCUT2D eigenvalue weighted by molar-refractivity contribution is 7.99. The molecule has 3 aromatic rings. The molecular weight excluding hydrogens is 456 g/mol. The normalized spacial score (nSPS) is 24.7. The molecule has 2 aliphatic rings. The van der Waals surface area contributed by atoms with Crippen molar-refractivity contribution in [1.29, 1.82) is 0 Å². The lowest BCUT2D eigenvalue weighted by Crippen LogP contribution is -2.33. The average Bonchev–Trinajstić information content (AvgIpc) is 3.52. The Hall–Kier alpha value is -2.31. The average molecular weight is 487 g/mol. The fourth-order valence-corrected chi connectivity index (χ4v) is 5.52. The number of anilines is 1. The molecule has 4 N–H and O–H groups in total. The van der Waals surface area contributed by atoms with Crippen LogP contribution in [0.15, 0.2) is 29.4 Å². The third-order valence-corrected chi connectivity index (χ3v) is 7.52. The minimum Gasteiger partial charge on any atom is -0.394 e. The number of rotatable bonds is 9. The quantitative estimate of drug-likeness (QED) is 0.259. The zero-order chi connectivity index (χ0) is 23.7. The molecule has 0 amide bonds. The Morgan fingerprint density at radius 3 is 2.62 bits per heavy atom. The van der Waals surface area contributed by atoms with Crippen LogP contribution in [-0.4, -0.2) is 83.6 Å². The Labute approximate surface area is 201 Å². The molecule has 4 atom stereocenters. The Morgan fingerprint density at radius 1 is 1.15 bits per heavy atom. The molecule has 11 heteroatoms. The fraction of sp³-hybridized carbons (Fsp3) is 0.565. The SMILES string of the molecule is CCCSc1nc(NC2Cc3ccccc3C2)c2nnn([C@@H]3C[C@H](OCCO)[C@@H](O)C3O)c2n1. The van der Waals surface area contributed by atoms with E-state index in [-0.39, 0.29) is 19.3 Å². The monoisotopic (exact) mass is 486 g/mol. The van der Waals surface area contributed by atoms with Crippen LogP contribution in [0.25, 0.3) is 11.2 Å². The maximum Gasteiger partial charge on any atom is 0.191 e. The number of benzene rings is 1. The van der Waals surface area contributed by atoms with Gasteiger partial charge in [-0.3, -0.25) is 0 Å². The maximum absolute atomic E-state index is 10.7. The van der Waals surface area contributed by atoms with Crippen molar-refractivity contribution >= 4 is 28.7 Å². The summed E-state index contributed by atoms with van der Waals surface area (Å²) in [6.07, 6.45) is 0.369. The Kier molecular flexibility index (Phi) is 6.98. The van der Waals surface area contributed by atoms with Crippen molar-refractivity contribution in [3.8, 4) is 0 Å². The number of hydrogen-bond donors (Lipinski definition) is 4. The molecule has 0 saturated heterocycles. The zero-order valence-corrected chi connectivity index (χ0v) is 19.9. The molecule has 5 rings (SSSR count). The number of thioether (sulfide) groups is 1. The fourth-order valence-electron chi connectivity index (χ4n) is 4.83. The second-order valence-corrected chi connectivity index (χ2v) is 9.91. The van der Waals surface area contributed by atoms with Crippen LogP contribution in [0.4, 0.5) is 5.82 Å². The van der Waals surface area contributed by atoms with Gasteiger partial charge in [-0.1, -0.05) is 48.2 Å². The third-order valence-electron chi connectivity index (χ3n) is 6.47. The van der Waals surface area contributed by atoms with Gasteiger partial charge in [0.05, 0.1) is 25.4 Å². The van der Waals surface area contributed by atoms with Gasteiger partial charge in [-0.05, 0) is 30.4 Å². The van der Waals surface area contributed by atoms with Gasteiger partial charge >= 0.3 is 0 Å². The number of aliphatic hydroxyl groups excluding tert-OH is 3. The molecule has 0 bridgehead atoms. The lowest BCUT2D eigenvalue weighted by Gasteiger charge is -2.17. The van der Waals surface area contributed by atoms with Gasteiger partial charge in [0.2, 0.25) is 0 Å². The van der Waals surface area contributed by atoms with Crippen LogP contribution in [0.3, 0.4) is 0 Å². The van der Waals surface area contributed by atoms with Crippen molar-refractivity contribution in [3.63, 3.8) is 0 Å². The highest BCUT2D eigenvalue weighted by Gasteiger charge is 2.44. The highest BCUT2D eigenvalue weighted by Crippen LogP contribution is 2.35. The van der Waals surface area contributed by atoms with Crippen LogP contribution < -0.4 is 5.32 Å². The minimum atomic E-state index is -1.09. The minimum absolute atomic E-state index is 0.0943. The van der Waals surface area contributed by atoms with E-state index in [9.17, 15) is 10.2 Å². The molecule has 10 nitrogen and oxygen atoms in total. The van der Waals surface area contributed by atoms with Crippen molar-refractivity contribution in [2.75, 3.05) is 24.3 Å². The summed E-state index contributed by atoms with van der Waals surface area (Å²) in [5.74, 6) is 1.51. The third kappa shape index (κ3) is 4.50. The summed E-state index contributed by atoms with van der Waals surface area (Å²) in [6, 6.07) is 8.09. The molecule has 1 unspecified atom stereocenters. The van der Waals surface area contributed by atoms with Crippen LogP contribution in [0, 0.1) is 0 Å². The number of hydrogen-bond acceptors (Lipinski definition) is 10. The lowest BCUT2D eigenvalue weighted by atomic mass is 10.1. The molecule has 2 heterocycles. The van der Waals surface area contributed by atoms with E-state index in [1.165, 1.54) is 11.1 Å². The van der Waals surface area contributed by atoms with E-state index in [1.807, 2.05) is 0 Å². The summed E-state index contributed by atoms with van der Waals surface area (Å²) in [6.45, 7) is 2.05. The zero-order valence-electron chi connectivity index (χ0n) is 19.0. The molecule has 0 radical (unpaired) electrons. The first-order valence-electron chi connectivity index (χ1n) is 11.8. The van der Waals surface area contributed by atoms with E-state index < -0.39 is 24.4 Å². The van der Waals surface area contributed by atoms with Crippen LogP contribution in [-0.2, 0) is 17.6 Å². The predicted octanol–water partition coefficient (Wildman–Crippen LogP) is 1.35. The van der Waals surface area contributed by atoms with Crippen molar-refractivity contribution in [2.24, 2.45) is 0 Å². The van der Waals surface area contributed by atoms with E-state index in [4.69, 9.17) is 19.8 Å². The summed E-state index contributed by atoms with van der Waals surface area (Å²) < 4.78 is 7.11. The standard InChI is InChI=1S/C23H30N6O4S/c1-2-9-34-23-25-21(24-15-10-13-5-3-4-6-14(13)11-15)18-22(26-23)29(28-27-18)16-12-17(33-8-7-30)20(32)19(16)31/h3-6,15-17,19-20,30-32H,2,7-12H2,1H3,(H,24,25,26)/t16-,17+,19?,20-/m1/s1. The molecule has 0 aliphatic heterocycles. The second-order valence-electron chi connectivity index (χ2n) is 8.84. The van der Waals surface area contributed by atoms with Gasteiger partial charge in [-0.2, -0.15) is 0 Å². The van der Waals surface area contributed by atoms with Gasteiger partial charge in [-0.25, -0.2) is 14.6 Å². The van der Waals surface area contributed by atoms with Crippen molar-refractivity contribution in [3.05, 3.63) is 35.4 Å². The van der Waals surface area contributed by atoms with Crippen molar-refractivity contribution in [2.45, 2.75) is 68.2 Å². The van der Waals surface area contributed by atoms with Gasteiger partial charge in [-0.15, -0.1) is 5.10 Å². The summed E-state index contributed by atoms with van der Waals surface area (Å²) in [5.41, 5.74) is 3.74. The molecular formula is C23H30N6O4S. The number of fused-ring (bicyclic) bond motifs is 2. The van der Waals surface area contributed by atoms with Crippen LogP contribution in [0.5, 0.6) is 0 Å². The summed E-state index contributed by atoms with van der Waals surface area (Å²) >= 11 is 1.57. The number of aromatic nitrogens is 5. The maximum atomic E-state index is 10.7. The van der Waals surface area contributed by atoms with Gasteiger partial charge < -0.3 is 25.4 Å². The van der Waals surface area contributed by atoms with E-state index >= 15 is 0 Å². The number of aliphatic hydroxyl groups is 3. The van der Waals surface area contributed by atoms with Crippen molar-refractivity contribution < 1.29 is 20.1 Å². The largest absolute Gasteiger partial charge is 0.394 e. The summed E-state index contributed by atoms with van der Waals surface area (Å²) in [5, 5.41) is 43.1. The van der Waals surface area contributed by atoms with Gasteiger partial charge in [0, 0.05) is 18.2 Å². The number of nitrogens with zero attached hydrogens (tertiary/aromatic N) is 5. The van der Waals surface area contributed by atoms with Crippen LogP contribution in [0.2, 0.25) is 0 Å². The smallest absolute Gasteiger partial charge is 0.191 e. The molecule has 2 aliphatic carbocycles. The first-order valence-corrected chi connectivity index (χ1v) is 12.7. The van der Waals surface area contributed by atoms with E-state index in [0.717, 1.165) is 25.0 Å². The molecule has 1 fully saturated rings. The van der Waals surface area contributed by atoms with Crippen LogP contribution in [0.1, 0.15) is 36.9 Å². The molecule has 182 valence electrons. The lowest BCUT2D eigenvalue weighted by molar-refractivity contribution is -0.0629. The molecule has 0 spiro atoms. The van der Waals surface area contributed by atoms with Gasteiger partial charge in [0.25, 0.3) is 0 Å². The van der Waals surface area contributed by atoms with E-state index in [0.29, 0.717) is 28.6 Å². The Bertz CT molecular complexity index is 1120. The molecule has 34 heavy (non-hydrogen) atoms. The Balaban J connectivity index is 1.45. The first kappa shape index (κ1) is 23.4. The van der Waals surface area contributed by atoms with Gasteiger partial charge in [0.1, 0.15) is 12.2 Å². The van der Waals surface area contributed by atoms with Crippen molar-refractivity contribution in [1.82, 2.24) is 25.0 Å². The Morgan fingerprint density at radius 2 is 1.91 bits per heavy atom. The first-order chi connectivity index (χ1) is 16.6. The van der Waals surface area contributed by atoms with Gasteiger partial charge in [0.15, 0.2) is 22.1 Å². The number of ether oxygens (including phenoxy) is 1. The predicted molar refractivity (Wildman–Crippen MR) is 128 cm³/mol. The second kappa shape index (κ2) is 10.1. The molecule has 1 saturated carbocycles. The summed E-state index contributed by atoms with van der Waals surface area (Å²) in [4.78, 5) is 9.47.